The zero-order valence-electron chi connectivity index (χ0n) is 14.1. The molecule has 136 valence electrons. The molecule has 1 aromatic carbocycles. The maximum absolute atomic E-state index is 13.1. The smallest absolute Gasteiger partial charge is 0.270 e. The van der Waals surface area contributed by atoms with E-state index in [4.69, 9.17) is 16.3 Å². The predicted molar refractivity (Wildman–Crippen MR) is 107 cm³/mol. The van der Waals surface area contributed by atoms with Gasteiger partial charge in [-0.2, -0.15) is 0 Å². The Bertz CT molecular complexity index is 891. The van der Waals surface area contributed by atoms with Gasteiger partial charge >= 0.3 is 0 Å². The second-order valence-electron chi connectivity index (χ2n) is 6.15. The van der Waals surface area contributed by atoms with Gasteiger partial charge in [0, 0.05) is 5.02 Å². The Morgan fingerprint density at radius 1 is 1.31 bits per heavy atom. The van der Waals surface area contributed by atoms with Crippen molar-refractivity contribution in [3.05, 3.63) is 45.6 Å². The average molecular weight is 409 g/mol. The minimum Gasteiger partial charge on any atom is -0.370 e. The van der Waals surface area contributed by atoms with Crippen molar-refractivity contribution in [1.29, 1.82) is 0 Å². The predicted octanol–water partition coefficient (Wildman–Crippen LogP) is 2.57. The number of rotatable bonds is 5. The van der Waals surface area contributed by atoms with Gasteiger partial charge in [-0.3, -0.25) is 9.69 Å². The topological polar surface area (TPSA) is 46.9 Å². The van der Waals surface area contributed by atoms with Crippen LogP contribution < -0.4 is 9.80 Å². The van der Waals surface area contributed by atoms with Gasteiger partial charge in [-0.05, 0) is 29.6 Å². The van der Waals surface area contributed by atoms with Crippen LogP contribution in [0.5, 0.6) is 0 Å². The fourth-order valence-corrected chi connectivity index (χ4v) is 4.94. The van der Waals surface area contributed by atoms with Crippen molar-refractivity contribution in [3.8, 4) is 0 Å². The van der Waals surface area contributed by atoms with E-state index in [9.17, 15) is 4.79 Å². The number of thiazole rings is 1. The third-order valence-electron chi connectivity index (χ3n) is 4.44. The standard InChI is InChI=1S/C18H18ClN3O2S2/c19-13-3-4-14-16(12-13)26-18(20-14)22(17(23)15-2-1-11-25-15)6-5-21-7-9-24-10-8-21/h1-4,11-12H,5-10H2/p+1. The molecular formula is C18H19ClN3O2S2+. The lowest BCUT2D eigenvalue weighted by molar-refractivity contribution is -0.906. The molecule has 1 aliphatic rings. The van der Waals surface area contributed by atoms with Crippen molar-refractivity contribution >= 4 is 55.5 Å². The number of carbonyl (C=O) groups is 1. The van der Waals surface area contributed by atoms with Gasteiger partial charge in [-0.25, -0.2) is 4.98 Å². The summed E-state index contributed by atoms with van der Waals surface area (Å²) in [6.07, 6.45) is 0. The lowest BCUT2D eigenvalue weighted by Gasteiger charge is -2.26. The SMILES string of the molecule is O=C(c1cccs1)N(CC[NH+]1CCOCC1)c1nc2ccc(Cl)cc2s1. The van der Waals surface area contributed by atoms with Crippen molar-refractivity contribution in [2.24, 2.45) is 0 Å². The summed E-state index contributed by atoms with van der Waals surface area (Å²) in [5.41, 5.74) is 0.872. The molecule has 0 radical (unpaired) electrons. The number of fused-ring (bicyclic) bond motifs is 1. The molecule has 1 amide bonds. The van der Waals surface area contributed by atoms with Gasteiger partial charge < -0.3 is 9.64 Å². The van der Waals surface area contributed by atoms with Crippen molar-refractivity contribution in [2.45, 2.75) is 0 Å². The highest BCUT2D eigenvalue weighted by Crippen LogP contribution is 2.31. The van der Waals surface area contributed by atoms with Gasteiger partial charge in [0.15, 0.2) is 5.13 Å². The number of nitrogens with one attached hydrogen (secondary N) is 1. The minimum absolute atomic E-state index is 0.0119. The Morgan fingerprint density at radius 3 is 2.92 bits per heavy atom. The molecule has 0 unspecified atom stereocenters. The quantitative estimate of drug-likeness (QED) is 0.705. The molecule has 0 bridgehead atoms. The maximum atomic E-state index is 13.1. The van der Waals surface area contributed by atoms with Crippen LogP contribution in [0.1, 0.15) is 9.67 Å². The van der Waals surface area contributed by atoms with Crippen LogP contribution in [0.3, 0.4) is 0 Å². The maximum Gasteiger partial charge on any atom is 0.270 e. The number of anilines is 1. The summed E-state index contributed by atoms with van der Waals surface area (Å²) in [6.45, 7) is 5.06. The number of benzene rings is 1. The van der Waals surface area contributed by atoms with Crippen LogP contribution in [0.4, 0.5) is 5.13 Å². The first-order chi connectivity index (χ1) is 12.7. The number of nitrogens with zero attached hydrogens (tertiary/aromatic N) is 2. The van der Waals surface area contributed by atoms with E-state index in [1.54, 1.807) is 0 Å². The Kier molecular flexibility index (Phi) is 5.52. The molecule has 5 nitrogen and oxygen atoms in total. The van der Waals surface area contributed by atoms with Gasteiger partial charge in [-0.1, -0.05) is 29.0 Å². The van der Waals surface area contributed by atoms with Gasteiger partial charge in [0.25, 0.3) is 5.91 Å². The van der Waals surface area contributed by atoms with Crippen LogP contribution in [0, 0.1) is 0 Å². The monoisotopic (exact) mass is 408 g/mol. The van der Waals surface area contributed by atoms with Crippen LogP contribution in [0.2, 0.25) is 5.02 Å². The van der Waals surface area contributed by atoms with E-state index >= 15 is 0 Å². The van der Waals surface area contributed by atoms with Crippen LogP contribution in [-0.4, -0.2) is 50.3 Å². The number of quaternary nitrogens is 1. The van der Waals surface area contributed by atoms with Crippen molar-refractivity contribution in [1.82, 2.24) is 4.98 Å². The summed E-state index contributed by atoms with van der Waals surface area (Å²) in [5.74, 6) is 0.0119. The van der Waals surface area contributed by atoms with Gasteiger partial charge in [0.05, 0.1) is 41.4 Å². The fourth-order valence-electron chi connectivity index (χ4n) is 3.00. The number of thiophene rings is 1. The number of halogens is 1. The summed E-state index contributed by atoms with van der Waals surface area (Å²) in [4.78, 5) is 21.8. The molecule has 2 aromatic heterocycles. The summed E-state index contributed by atoms with van der Waals surface area (Å²) in [7, 11) is 0. The Labute approximate surface area is 164 Å². The molecule has 4 rings (SSSR count). The number of ether oxygens (including phenoxy) is 1. The van der Waals surface area contributed by atoms with E-state index in [0.29, 0.717) is 11.6 Å². The molecule has 1 fully saturated rings. The van der Waals surface area contributed by atoms with E-state index in [1.807, 2.05) is 40.6 Å². The first kappa shape index (κ1) is 17.9. The average Bonchev–Trinajstić information content (AvgIpc) is 3.32. The second-order valence-corrected chi connectivity index (χ2v) is 8.55. The zero-order chi connectivity index (χ0) is 17.9. The molecule has 0 atom stereocenters. The summed E-state index contributed by atoms with van der Waals surface area (Å²) < 4.78 is 6.42. The number of morpholine rings is 1. The minimum atomic E-state index is 0.0119. The summed E-state index contributed by atoms with van der Waals surface area (Å²) >= 11 is 9.07. The molecule has 1 N–H and O–H groups in total. The van der Waals surface area contributed by atoms with E-state index in [0.717, 1.165) is 53.1 Å². The van der Waals surface area contributed by atoms with Crippen molar-refractivity contribution in [3.63, 3.8) is 0 Å². The Morgan fingerprint density at radius 2 is 2.15 bits per heavy atom. The number of amides is 1. The van der Waals surface area contributed by atoms with Crippen molar-refractivity contribution in [2.75, 3.05) is 44.3 Å². The molecule has 1 aliphatic heterocycles. The number of hydrogen-bond donors (Lipinski definition) is 1. The normalized spacial score (nSPS) is 15.4. The van der Waals surface area contributed by atoms with E-state index in [2.05, 4.69) is 4.98 Å². The highest BCUT2D eigenvalue weighted by Gasteiger charge is 2.24. The van der Waals surface area contributed by atoms with Crippen LogP contribution in [0.15, 0.2) is 35.7 Å². The van der Waals surface area contributed by atoms with E-state index < -0.39 is 0 Å². The molecule has 3 heterocycles. The Hall–Kier alpha value is -1.51. The molecule has 3 aromatic rings. The van der Waals surface area contributed by atoms with Crippen LogP contribution >= 0.6 is 34.3 Å². The van der Waals surface area contributed by atoms with E-state index in [1.165, 1.54) is 27.6 Å². The molecule has 1 saturated heterocycles. The first-order valence-electron chi connectivity index (χ1n) is 8.53. The number of hydrogen-bond acceptors (Lipinski definition) is 5. The Balaban J connectivity index is 1.60. The fraction of sp³-hybridized carbons (Fsp3) is 0.333. The van der Waals surface area contributed by atoms with E-state index in [-0.39, 0.29) is 5.91 Å². The largest absolute Gasteiger partial charge is 0.370 e. The molecular weight excluding hydrogens is 390 g/mol. The lowest BCUT2D eigenvalue weighted by Crippen LogP contribution is -3.14. The highest BCUT2D eigenvalue weighted by molar-refractivity contribution is 7.22. The van der Waals surface area contributed by atoms with Gasteiger partial charge in [0.2, 0.25) is 0 Å². The zero-order valence-corrected chi connectivity index (χ0v) is 16.5. The lowest BCUT2D eigenvalue weighted by atomic mass is 10.3. The molecule has 0 aliphatic carbocycles. The summed E-state index contributed by atoms with van der Waals surface area (Å²) in [6, 6.07) is 9.40. The molecule has 26 heavy (non-hydrogen) atoms. The van der Waals surface area contributed by atoms with Gasteiger partial charge in [0.1, 0.15) is 13.1 Å². The molecule has 0 spiro atoms. The first-order valence-corrected chi connectivity index (χ1v) is 10.6. The van der Waals surface area contributed by atoms with Gasteiger partial charge in [-0.15, -0.1) is 11.3 Å². The van der Waals surface area contributed by atoms with Crippen molar-refractivity contribution < 1.29 is 14.4 Å². The highest BCUT2D eigenvalue weighted by atomic mass is 35.5. The number of aromatic nitrogens is 1. The third kappa shape index (κ3) is 3.92. The third-order valence-corrected chi connectivity index (χ3v) is 6.57. The second kappa shape index (κ2) is 8.02. The molecule has 8 heteroatoms. The van der Waals surface area contributed by atoms with Crippen LogP contribution in [-0.2, 0) is 4.74 Å². The van der Waals surface area contributed by atoms with Crippen LogP contribution in [0.25, 0.3) is 10.2 Å². The number of carbonyl (C=O) groups excluding carboxylic acids is 1. The molecule has 0 saturated carbocycles. The summed E-state index contributed by atoms with van der Waals surface area (Å²) in [5, 5.41) is 3.34.